The second-order valence-electron chi connectivity index (χ2n) is 14.1. The second-order valence-corrected chi connectivity index (χ2v) is 14.1. The maximum atomic E-state index is 13.2. The Bertz CT molecular complexity index is 1530. The van der Waals surface area contributed by atoms with Crippen LogP contribution in [0.5, 0.6) is 6.01 Å². The van der Waals surface area contributed by atoms with Gasteiger partial charge in [-0.05, 0) is 90.4 Å². The van der Waals surface area contributed by atoms with Gasteiger partial charge < -0.3 is 24.2 Å². The molecule has 0 radical (unpaired) electrons. The van der Waals surface area contributed by atoms with Crippen molar-refractivity contribution in [2.24, 2.45) is 0 Å². The van der Waals surface area contributed by atoms with Crippen molar-refractivity contribution in [1.82, 2.24) is 19.8 Å². The van der Waals surface area contributed by atoms with E-state index in [-0.39, 0.29) is 18.2 Å². The van der Waals surface area contributed by atoms with Gasteiger partial charge in [-0.2, -0.15) is 9.97 Å². The summed E-state index contributed by atoms with van der Waals surface area (Å²) in [7, 11) is 2.17. The number of carbonyl (C=O) groups excluding carboxylic acids is 1. The Morgan fingerprint density at radius 3 is 2.43 bits per heavy atom. The van der Waals surface area contributed by atoms with Crippen molar-refractivity contribution in [3.63, 3.8) is 0 Å². The smallest absolute Gasteiger partial charge is 0.410 e. The van der Waals surface area contributed by atoms with Gasteiger partial charge in [0.15, 0.2) is 0 Å². The number of anilines is 2. The Morgan fingerprint density at radius 1 is 0.977 bits per heavy atom. The van der Waals surface area contributed by atoms with Crippen LogP contribution in [0.4, 0.5) is 16.3 Å². The number of benzene rings is 2. The van der Waals surface area contributed by atoms with Gasteiger partial charge in [0.1, 0.15) is 18.0 Å². The highest BCUT2D eigenvalue weighted by molar-refractivity contribution is 5.97. The molecule has 3 unspecified atom stereocenters. The number of hydrogen-bond acceptors (Lipinski definition) is 8. The van der Waals surface area contributed by atoms with E-state index in [1.807, 2.05) is 25.7 Å². The molecule has 0 saturated carbocycles. The number of carbonyl (C=O) groups is 1. The van der Waals surface area contributed by atoms with Gasteiger partial charge in [0.25, 0.3) is 0 Å². The van der Waals surface area contributed by atoms with Gasteiger partial charge in [0.05, 0.1) is 24.3 Å². The molecule has 1 amide bonds. The number of ether oxygens (including phenoxy) is 2. The number of aromatic nitrogens is 2. The van der Waals surface area contributed by atoms with Gasteiger partial charge in [0, 0.05) is 42.3 Å². The number of rotatable bonds is 5. The lowest BCUT2D eigenvalue weighted by Gasteiger charge is -2.43. The van der Waals surface area contributed by atoms with Crippen LogP contribution in [-0.4, -0.2) is 89.4 Å². The van der Waals surface area contributed by atoms with Crippen molar-refractivity contribution in [2.45, 2.75) is 90.1 Å². The molecule has 4 aliphatic heterocycles. The van der Waals surface area contributed by atoms with E-state index in [9.17, 15) is 4.79 Å². The van der Waals surface area contributed by atoms with Crippen LogP contribution in [0.25, 0.3) is 10.8 Å². The molecule has 5 heterocycles. The number of likely N-dealkylation sites (tertiary alicyclic amines) is 1. The molecule has 2 bridgehead atoms. The highest BCUT2D eigenvalue weighted by atomic mass is 16.6. The van der Waals surface area contributed by atoms with E-state index < -0.39 is 5.60 Å². The number of likely N-dealkylation sites (N-methyl/N-ethyl adjacent to an activating group) is 1. The molecule has 7 rings (SSSR count). The van der Waals surface area contributed by atoms with E-state index in [0.29, 0.717) is 25.2 Å². The summed E-state index contributed by atoms with van der Waals surface area (Å²) in [6.45, 7) is 12.8. The van der Waals surface area contributed by atoms with Crippen molar-refractivity contribution < 1.29 is 14.3 Å². The molecule has 0 spiro atoms. The fraction of sp³-hybridized carbons (Fsp3) is 0.571. The summed E-state index contributed by atoms with van der Waals surface area (Å²) in [6, 6.07) is 14.2. The van der Waals surface area contributed by atoms with Crippen LogP contribution in [0.2, 0.25) is 0 Å². The molecule has 3 atom stereocenters. The topological polar surface area (TPSA) is 74.3 Å². The van der Waals surface area contributed by atoms with Gasteiger partial charge in [-0.15, -0.1) is 0 Å². The lowest BCUT2D eigenvalue weighted by atomic mass is 9.99. The third kappa shape index (κ3) is 5.55. The first kappa shape index (κ1) is 29.1. The van der Waals surface area contributed by atoms with Crippen LogP contribution in [0, 0.1) is 6.92 Å². The van der Waals surface area contributed by atoms with Crippen LogP contribution in [0.3, 0.4) is 0 Å². The van der Waals surface area contributed by atoms with Crippen molar-refractivity contribution in [2.75, 3.05) is 49.6 Å². The van der Waals surface area contributed by atoms with Gasteiger partial charge in [-0.25, -0.2) is 4.79 Å². The summed E-state index contributed by atoms with van der Waals surface area (Å²) in [6.07, 6.45) is 4.97. The minimum absolute atomic E-state index is 0.115. The van der Waals surface area contributed by atoms with E-state index in [1.165, 1.54) is 34.0 Å². The molecule has 3 saturated heterocycles. The summed E-state index contributed by atoms with van der Waals surface area (Å²) in [4.78, 5) is 32.6. The molecular formula is C35H46N6O3. The first-order valence-corrected chi connectivity index (χ1v) is 16.4. The highest BCUT2D eigenvalue weighted by Crippen LogP contribution is 2.38. The zero-order chi connectivity index (χ0) is 30.6. The van der Waals surface area contributed by atoms with Crippen LogP contribution >= 0.6 is 0 Å². The Hall–Kier alpha value is -3.59. The van der Waals surface area contributed by atoms with Crippen LogP contribution in [-0.2, 0) is 17.7 Å². The molecule has 0 aliphatic carbocycles. The summed E-state index contributed by atoms with van der Waals surface area (Å²) >= 11 is 0. The van der Waals surface area contributed by atoms with E-state index in [4.69, 9.17) is 19.4 Å². The first-order valence-electron chi connectivity index (χ1n) is 16.4. The molecule has 2 aromatic carbocycles. The average Bonchev–Trinajstić information content (AvgIpc) is 3.52. The lowest BCUT2D eigenvalue weighted by Crippen LogP contribution is -2.57. The maximum Gasteiger partial charge on any atom is 0.410 e. The van der Waals surface area contributed by atoms with E-state index in [0.717, 1.165) is 63.4 Å². The number of piperazine rings is 1. The fourth-order valence-electron chi connectivity index (χ4n) is 7.74. The molecule has 0 N–H and O–H groups in total. The standard InChI is InChI=1S/C35H46N6O3/c1-23-9-6-10-24-11-7-13-30(31(23)24)39-18-16-28-29(21-39)36-33(43-22-27-12-8-17-38(27)5)37-32(28)40-19-25-14-15-26(20-40)41(25)34(42)44-35(2,3)4/h6-7,9-11,13,25-27H,8,12,14-22H2,1-5H3. The molecule has 44 heavy (non-hydrogen) atoms. The van der Waals surface area contributed by atoms with Crippen molar-refractivity contribution in [1.29, 1.82) is 0 Å². The SMILES string of the molecule is Cc1cccc2cccc(N3CCc4c(nc(OCC5CCCN5C)nc4N4CC5CCC(C4)N5C(=O)OC(C)(C)C)C3)c12. The summed E-state index contributed by atoms with van der Waals surface area (Å²) in [5.41, 5.74) is 4.30. The molecule has 234 valence electrons. The minimum atomic E-state index is -0.506. The first-order chi connectivity index (χ1) is 21.1. The Labute approximate surface area is 261 Å². The minimum Gasteiger partial charge on any atom is -0.462 e. The Kier molecular flexibility index (Phi) is 7.55. The van der Waals surface area contributed by atoms with E-state index in [2.05, 4.69) is 65.1 Å². The average molecular weight is 599 g/mol. The zero-order valence-electron chi connectivity index (χ0n) is 26.9. The van der Waals surface area contributed by atoms with E-state index >= 15 is 0 Å². The van der Waals surface area contributed by atoms with Crippen LogP contribution in [0.1, 0.15) is 63.3 Å². The number of hydrogen-bond donors (Lipinski definition) is 0. The van der Waals surface area contributed by atoms with Crippen LogP contribution < -0.4 is 14.5 Å². The third-order valence-electron chi connectivity index (χ3n) is 9.92. The number of aryl methyl sites for hydroxylation is 1. The fourth-order valence-corrected chi connectivity index (χ4v) is 7.74. The number of nitrogens with zero attached hydrogens (tertiary/aromatic N) is 6. The summed E-state index contributed by atoms with van der Waals surface area (Å²) < 4.78 is 12.2. The number of fused-ring (bicyclic) bond motifs is 4. The molecule has 1 aromatic heterocycles. The third-order valence-corrected chi connectivity index (χ3v) is 9.92. The largest absolute Gasteiger partial charge is 0.462 e. The predicted molar refractivity (Wildman–Crippen MR) is 174 cm³/mol. The zero-order valence-corrected chi connectivity index (χ0v) is 26.9. The maximum absolute atomic E-state index is 13.2. The molecule has 3 aromatic rings. The van der Waals surface area contributed by atoms with Crippen molar-refractivity contribution in [3.05, 3.63) is 53.2 Å². The van der Waals surface area contributed by atoms with Crippen molar-refractivity contribution >= 4 is 28.4 Å². The molecule has 9 heteroatoms. The van der Waals surface area contributed by atoms with Gasteiger partial charge in [-0.1, -0.05) is 30.3 Å². The quantitative estimate of drug-likeness (QED) is 0.378. The van der Waals surface area contributed by atoms with Crippen molar-refractivity contribution in [3.8, 4) is 6.01 Å². The molecular weight excluding hydrogens is 552 g/mol. The van der Waals surface area contributed by atoms with Gasteiger partial charge >= 0.3 is 12.1 Å². The van der Waals surface area contributed by atoms with Crippen LogP contribution in [0.15, 0.2) is 36.4 Å². The summed E-state index contributed by atoms with van der Waals surface area (Å²) in [5, 5.41) is 2.57. The molecule has 9 nitrogen and oxygen atoms in total. The Balaban J connectivity index is 1.20. The number of amides is 1. The monoisotopic (exact) mass is 598 g/mol. The van der Waals surface area contributed by atoms with E-state index in [1.54, 1.807) is 0 Å². The van der Waals surface area contributed by atoms with Gasteiger partial charge in [0.2, 0.25) is 0 Å². The molecule has 4 aliphatic rings. The highest BCUT2D eigenvalue weighted by Gasteiger charge is 2.45. The molecule has 3 fully saturated rings. The predicted octanol–water partition coefficient (Wildman–Crippen LogP) is 5.56. The summed E-state index contributed by atoms with van der Waals surface area (Å²) in [5.74, 6) is 0.985. The Morgan fingerprint density at radius 2 is 1.73 bits per heavy atom. The normalized spacial score (nSPS) is 23.8. The van der Waals surface area contributed by atoms with Gasteiger partial charge in [-0.3, -0.25) is 4.90 Å². The lowest BCUT2D eigenvalue weighted by molar-refractivity contribution is 0.0122. The second kappa shape index (κ2) is 11.4.